The second-order valence-electron chi connectivity index (χ2n) is 6.17. The van der Waals surface area contributed by atoms with E-state index in [4.69, 9.17) is 5.11 Å². The molecule has 1 aliphatic rings. The molecule has 1 saturated heterocycles. The Morgan fingerprint density at radius 2 is 2.07 bits per heavy atom. The fourth-order valence-corrected chi connectivity index (χ4v) is 2.99. The highest BCUT2D eigenvalue weighted by molar-refractivity contribution is 5.77. The lowest BCUT2D eigenvalue weighted by atomic mass is 9.96. The molecule has 2 amide bonds. The fraction of sp³-hybridized carbons (Fsp3) is 0.375. The van der Waals surface area contributed by atoms with Crippen molar-refractivity contribution in [2.75, 3.05) is 13.1 Å². The molecule has 144 valence electrons. The number of hydrogen-bond acceptors (Lipinski definition) is 4. The normalized spacial score (nSPS) is 19.9. The van der Waals surface area contributed by atoms with Crippen LogP contribution in [0.1, 0.15) is 5.56 Å². The number of aromatic nitrogens is 3. The number of hydrogen-bond donors (Lipinski definition) is 2. The number of alkyl halides is 3. The molecule has 0 unspecified atom stereocenters. The van der Waals surface area contributed by atoms with Gasteiger partial charge in [-0.15, -0.1) is 0 Å². The Morgan fingerprint density at radius 3 is 2.67 bits per heavy atom. The Kier molecular flexibility index (Phi) is 5.02. The van der Waals surface area contributed by atoms with Gasteiger partial charge in [0.1, 0.15) is 12.7 Å². The van der Waals surface area contributed by atoms with Gasteiger partial charge in [0.25, 0.3) is 0 Å². The molecular formula is C16H16F3N5O3. The first-order valence-electron chi connectivity index (χ1n) is 8.02. The first kappa shape index (κ1) is 18.7. The third-order valence-corrected chi connectivity index (χ3v) is 4.38. The molecule has 2 heterocycles. The molecule has 2 atom stereocenters. The predicted octanol–water partition coefficient (Wildman–Crippen LogP) is 1.67. The maximum Gasteiger partial charge on any atom is 0.394 e. The molecule has 2 aromatic rings. The molecule has 1 aromatic carbocycles. The molecule has 0 radical (unpaired) electrons. The second kappa shape index (κ2) is 7.25. The van der Waals surface area contributed by atoms with E-state index >= 15 is 0 Å². The van der Waals surface area contributed by atoms with E-state index in [0.29, 0.717) is 11.3 Å². The number of halogens is 3. The minimum atomic E-state index is -4.68. The van der Waals surface area contributed by atoms with Crippen LogP contribution in [0.3, 0.4) is 0 Å². The average molecular weight is 383 g/mol. The van der Waals surface area contributed by atoms with Crippen LogP contribution >= 0.6 is 0 Å². The van der Waals surface area contributed by atoms with Crippen LogP contribution in [-0.2, 0) is 11.3 Å². The number of aliphatic carboxylic acids is 1. The second-order valence-corrected chi connectivity index (χ2v) is 6.17. The number of rotatable bonds is 4. The van der Waals surface area contributed by atoms with E-state index in [1.54, 1.807) is 24.3 Å². The summed E-state index contributed by atoms with van der Waals surface area (Å²) in [5, 5.41) is 15.5. The van der Waals surface area contributed by atoms with Crippen LogP contribution in [0.5, 0.6) is 0 Å². The predicted molar refractivity (Wildman–Crippen MR) is 85.8 cm³/mol. The Morgan fingerprint density at radius 1 is 1.30 bits per heavy atom. The van der Waals surface area contributed by atoms with Crippen LogP contribution in [0, 0.1) is 11.8 Å². The molecule has 0 bridgehead atoms. The van der Waals surface area contributed by atoms with E-state index in [1.165, 1.54) is 17.3 Å². The van der Waals surface area contributed by atoms with Crippen molar-refractivity contribution in [3.05, 3.63) is 42.5 Å². The van der Waals surface area contributed by atoms with Crippen molar-refractivity contribution in [2.24, 2.45) is 11.8 Å². The first-order valence-corrected chi connectivity index (χ1v) is 8.02. The van der Waals surface area contributed by atoms with Crippen LogP contribution in [0.15, 0.2) is 36.9 Å². The number of urea groups is 1. The Labute approximate surface area is 151 Å². The molecule has 0 saturated carbocycles. The first-order chi connectivity index (χ1) is 12.8. The Hall–Kier alpha value is -3.11. The zero-order valence-corrected chi connectivity index (χ0v) is 13.9. The zero-order chi connectivity index (χ0) is 19.6. The number of amides is 2. The van der Waals surface area contributed by atoms with Gasteiger partial charge >= 0.3 is 18.2 Å². The minimum absolute atomic E-state index is 0.0757. The smallest absolute Gasteiger partial charge is 0.394 e. The monoisotopic (exact) mass is 383 g/mol. The number of carboxylic acids is 1. The van der Waals surface area contributed by atoms with E-state index in [1.807, 2.05) is 0 Å². The summed E-state index contributed by atoms with van der Waals surface area (Å²) < 4.78 is 40.5. The molecule has 11 heteroatoms. The lowest BCUT2D eigenvalue weighted by molar-refractivity contribution is -0.187. The van der Waals surface area contributed by atoms with Crippen LogP contribution in [0.4, 0.5) is 18.0 Å². The Balaban J connectivity index is 1.63. The van der Waals surface area contributed by atoms with Crippen molar-refractivity contribution in [1.82, 2.24) is 25.0 Å². The quantitative estimate of drug-likeness (QED) is 0.837. The van der Waals surface area contributed by atoms with Crippen LogP contribution in [0.2, 0.25) is 0 Å². The van der Waals surface area contributed by atoms with Crippen molar-refractivity contribution >= 4 is 12.0 Å². The molecule has 2 N–H and O–H groups in total. The topological polar surface area (TPSA) is 100 Å². The summed E-state index contributed by atoms with van der Waals surface area (Å²) in [5.74, 6) is -5.30. The van der Waals surface area contributed by atoms with Gasteiger partial charge in [0.15, 0.2) is 0 Å². The number of carbonyl (C=O) groups excluding carboxylic acids is 1. The van der Waals surface area contributed by atoms with E-state index in [0.717, 1.165) is 4.90 Å². The molecule has 1 aliphatic heterocycles. The van der Waals surface area contributed by atoms with Crippen molar-refractivity contribution in [3.8, 4) is 5.69 Å². The van der Waals surface area contributed by atoms with Crippen LogP contribution < -0.4 is 5.32 Å². The molecule has 0 spiro atoms. The van der Waals surface area contributed by atoms with E-state index in [2.05, 4.69) is 15.4 Å². The van der Waals surface area contributed by atoms with Gasteiger partial charge in [0, 0.05) is 19.6 Å². The number of likely N-dealkylation sites (tertiary alicyclic amines) is 1. The SMILES string of the molecule is O=C(O)[C@@H]1CN(C(=O)NCc2cccc(-n3cncn3)c2)C[C@H]1C(F)(F)F. The number of nitrogens with one attached hydrogen (secondary N) is 1. The fourth-order valence-electron chi connectivity index (χ4n) is 2.99. The number of benzene rings is 1. The third-order valence-electron chi connectivity index (χ3n) is 4.38. The van der Waals surface area contributed by atoms with Gasteiger partial charge in [-0.25, -0.2) is 14.5 Å². The van der Waals surface area contributed by atoms with E-state index in [9.17, 15) is 22.8 Å². The van der Waals surface area contributed by atoms with Crippen LogP contribution in [-0.4, -0.2) is 56.0 Å². The molecule has 3 rings (SSSR count). The summed E-state index contributed by atoms with van der Waals surface area (Å²) in [6.45, 7) is -1.08. The van der Waals surface area contributed by atoms with Gasteiger partial charge in [0.2, 0.25) is 0 Å². The van der Waals surface area contributed by atoms with Crippen molar-refractivity contribution in [1.29, 1.82) is 0 Å². The maximum atomic E-state index is 13.0. The van der Waals surface area contributed by atoms with Gasteiger partial charge in [-0.1, -0.05) is 12.1 Å². The summed E-state index contributed by atoms with van der Waals surface area (Å²) in [6.07, 6.45) is -1.80. The van der Waals surface area contributed by atoms with Crippen molar-refractivity contribution in [2.45, 2.75) is 12.7 Å². The molecule has 8 nitrogen and oxygen atoms in total. The highest BCUT2D eigenvalue weighted by Crippen LogP contribution is 2.37. The largest absolute Gasteiger partial charge is 0.481 e. The molecule has 1 aromatic heterocycles. The third kappa shape index (κ3) is 4.18. The van der Waals surface area contributed by atoms with Gasteiger partial charge < -0.3 is 15.3 Å². The van der Waals surface area contributed by atoms with E-state index < -0.39 is 43.1 Å². The van der Waals surface area contributed by atoms with E-state index in [-0.39, 0.29) is 6.54 Å². The summed E-state index contributed by atoms with van der Waals surface area (Å²) in [7, 11) is 0. The standard InChI is InChI=1S/C16H16F3N5O3/c17-16(18,19)13-7-23(6-12(13)14(25)26)15(27)21-5-10-2-1-3-11(4-10)24-9-20-8-22-24/h1-4,8-9,12-13H,5-7H2,(H,21,27)(H,25,26)/t12-,13-/m1/s1. The summed E-state index contributed by atoms with van der Waals surface area (Å²) >= 11 is 0. The molecule has 1 fully saturated rings. The highest BCUT2D eigenvalue weighted by atomic mass is 19.4. The number of nitrogens with zero attached hydrogens (tertiary/aromatic N) is 4. The van der Waals surface area contributed by atoms with Gasteiger partial charge in [-0.3, -0.25) is 4.79 Å². The number of carbonyl (C=O) groups is 2. The molecular weight excluding hydrogens is 367 g/mol. The summed E-state index contributed by atoms with van der Waals surface area (Å²) in [4.78, 5) is 28.0. The average Bonchev–Trinajstić information content (AvgIpc) is 3.29. The zero-order valence-electron chi connectivity index (χ0n) is 13.9. The van der Waals surface area contributed by atoms with Gasteiger partial charge in [-0.2, -0.15) is 18.3 Å². The lowest BCUT2D eigenvalue weighted by Gasteiger charge is -2.18. The molecule has 0 aliphatic carbocycles. The Bertz CT molecular complexity index is 825. The van der Waals surface area contributed by atoms with Gasteiger partial charge in [0.05, 0.1) is 17.5 Å². The maximum absolute atomic E-state index is 13.0. The summed E-state index contributed by atoms with van der Waals surface area (Å²) in [5.41, 5.74) is 1.42. The number of carboxylic acid groups (broad SMARTS) is 1. The van der Waals surface area contributed by atoms with Gasteiger partial charge in [-0.05, 0) is 17.7 Å². The summed E-state index contributed by atoms with van der Waals surface area (Å²) in [6, 6.07) is 6.28. The molecule has 27 heavy (non-hydrogen) atoms. The van der Waals surface area contributed by atoms with Crippen LogP contribution in [0.25, 0.3) is 5.69 Å². The van der Waals surface area contributed by atoms with Crippen molar-refractivity contribution in [3.63, 3.8) is 0 Å². The highest BCUT2D eigenvalue weighted by Gasteiger charge is 2.53. The van der Waals surface area contributed by atoms with Crippen molar-refractivity contribution < 1.29 is 27.9 Å². The minimum Gasteiger partial charge on any atom is -0.481 e. The lowest BCUT2D eigenvalue weighted by Crippen LogP contribution is -2.39.